The van der Waals surface area contributed by atoms with E-state index in [1.165, 1.54) is 12.0 Å². The molecule has 1 aliphatic heterocycles. The van der Waals surface area contributed by atoms with Crippen LogP contribution in [0.25, 0.3) is 0 Å². The molecule has 0 spiro atoms. The maximum atomic E-state index is 5.98. The summed E-state index contributed by atoms with van der Waals surface area (Å²) in [7, 11) is 0. The highest BCUT2D eigenvalue weighted by molar-refractivity contribution is 6.18. The van der Waals surface area contributed by atoms with Crippen molar-refractivity contribution in [1.29, 1.82) is 0 Å². The number of pyridine rings is 1. The Morgan fingerprint density at radius 3 is 2.80 bits per heavy atom. The van der Waals surface area contributed by atoms with Crippen molar-refractivity contribution in [2.75, 3.05) is 19.0 Å². The van der Waals surface area contributed by atoms with E-state index in [4.69, 9.17) is 11.6 Å². The molecular weight excluding hydrogens is 208 g/mol. The minimum Gasteiger partial charge on any atom is -0.298 e. The van der Waals surface area contributed by atoms with Crippen LogP contribution in [0.4, 0.5) is 0 Å². The van der Waals surface area contributed by atoms with Crippen molar-refractivity contribution in [3.8, 4) is 0 Å². The molecule has 1 unspecified atom stereocenters. The van der Waals surface area contributed by atoms with Gasteiger partial charge in [-0.2, -0.15) is 0 Å². The van der Waals surface area contributed by atoms with Gasteiger partial charge in [-0.1, -0.05) is 6.92 Å². The van der Waals surface area contributed by atoms with Gasteiger partial charge in [0.05, 0.1) is 0 Å². The lowest BCUT2D eigenvalue weighted by atomic mass is 9.93. The van der Waals surface area contributed by atoms with Crippen LogP contribution >= 0.6 is 11.6 Å². The van der Waals surface area contributed by atoms with Gasteiger partial charge in [0.25, 0.3) is 0 Å². The largest absolute Gasteiger partial charge is 0.298 e. The Morgan fingerprint density at radius 1 is 1.47 bits per heavy atom. The molecule has 1 saturated heterocycles. The topological polar surface area (TPSA) is 16.1 Å². The number of aromatic nitrogens is 1. The average molecular weight is 225 g/mol. The van der Waals surface area contributed by atoms with Crippen molar-refractivity contribution < 1.29 is 0 Å². The van der Waals surface area contributed by atoms with Crippen LogP contribution in [0.15, 0.2) is 24.5 Å². The molecule has 3 heteroatoms. The van der Waals surface area contributed by atoms with Crippen LogP contribution in [0.1, 0.15) is 18.9 Å². The molecule has 0 bridgehead atoms. The monoisotopic (exact) mass is 224 g/mol. The lowest BCUT2D eigenvalue weighted by Crippen LogP contribution is -2.25. The van der Waals surface area contributed by atoms with E-state index < -0.39 is 0 Å². The molecule has 1 aromatic rings. The lowest BCUT2D eigenvalue weighted by molar-refractivity contribution is 0.286. The van der Waals surface area contributed by atoms with E-state index in [0.29, 0.717) is 5.41 Å². The van der Waals surface area contributed by atoms with Crippen LogP contribution in [0.3, 0.4) is 0 Å². The van der Waals surface area contributed by atoms with Gasteiger partial charge in [0.15, 0.2) is 0 Å². The van der Waals surface area contributed by atoms with E-state index in [1.807, 2.05) is 12.4 Å². The van der Waals surface area contributed by atoms with Gasteiger partial charge in [0.1, 0.15) is 0 Å². The van der Waals surface area contributed by atoms with Crippen molar-refractivity contribution in [2.24, 2.45) is 5.41 Å². The van der Waals surface area contributed by atoms with Gasteiger partial charge in [-0.05, 0) is 36.1 Å². The summed E-state index contributed by atoms with van der Waals surface area (Å²) in [5.74, 6) is 0.764. The third kappa shape index (κ3) is 2.70. The van der Waals surface area contributed by atoms with Crippen LogP contribution in [0, 0.1) is 5.41 Å². The number of hydrogen-bond acceptors (Lipinski definition) is 2. The molecule has 0 N–H and O–H groups in total. The molecule has 15 heavy (non-hydrogen) atoms. The minimum atomic E-state index is 0.314. The van der Waals surface area contributed by atoms with Crippen LogP contribution in [-0.2, 0) is 6.54 Å². The highest BCUT2D eigenvalue weighted by Crippen LogP contribution is 2.31. The molecule has 1 atom stereocenters. The van der Waals surface area contributed by atoms with Crippen molar-refractivity contribution in [3.63, 3.8) is 0 Å². The third-order valence-corrected chi connectivity index (χ3v) is 3.76. The quantitative estimate of drug-likeness (QED) is 0.734. The molecular formula is C12H17ClN2. The summed E-state index contributed by atoms with van der Waals surface area (Å²) in [6.45, 7) is 5.56. The Balaban J connectivity index is 1.93. The van der Waals surface area contributed by atoms with E-state index in [0.717, 1.165) is 25.5 Å². The average Bonchev–Trinajstić information content (AvgIpc) is 2.63. The molecule has 0 aliphatic carbocycles. The van der Waals surface area contributed by atoms with Gasteiger partial charge < -0.3 is 0 Å². The molecule has 2 rings (SSSR count). The number of likely N-dealkylation sites (tertiary alicyclic amines) is 1. The Kier molecular flexibility index (Phi) is 3.27. The molecule has 0 aromatic carbocycles. The van der Waals surface area contributed by atoms with Crippen molar-refractivity contribution in [3.05, 3.63) is 30.1 Å². The fraction of sp³-hybridized carbons (Fsp3) is 0.583. The van der Waals surface area contributed by atoms with Gasteiger partial charge in [-0.15, -0.1) is 11.6 Å². The number of rotatable bonds is 3. The molecule has 2 heterocycles. The summed E-state index contributed by atoms with van der Waals surface area (Å²) >= 11 is 5.98. The van der Waals surface area contributed by atoms with Gasteiger partial charge in [0.2, 0.25) is 0 Å². The first kappa shape index (κ1) is 10.9. The number of nitrogens with zero attached hydrogens (tertiary/aromatic N) is 2. The first-order valence-corrected chi connectivity index (χ1v) is 5.93. The van der Waals surface area contributed by atoms with Crippen LogP contribution in [-0.4, -0.2) is 28.9 Å². The highest BCUT2D eigenvalue weighted by Gasteiger charge is 2.32. The number of halogens is 1. The third-order valence-electron chi connectivity index (χ3n) is 3.12. The summed E-state index contributed by atoms with van der Waals surface area (Å²) in [6, 6.07) is 4.16. The van der Waals surface area contributed by atoms with E-state index in [-0.39, 0.29) is 0 Å². The maximum absolute atomic E-state index is 5.98. The Morgan fingerprint density at radius 2 is 2.20 bits per heavy atom. The maximum Gasteiger partial charge on any atom is 0.0290 e. The van der Waals surface area contributed by atoms with Crippen molar-refractivity contribution in [1.82, 2.24) is 9.88 Å². The van der Waals surface area contributed by atoms with Crippen LogP contribution in [0.2, 0.25) is 0 Å². The molecule has 0 saturated carbocycles. The first-order valence-electron chi connectivity index (χ1n) is 5.39. The molecule has 82 valence electrons. The second-order valence-electron chi connectivity index (χ2n) is 4.76. The van der Waals surface area contributed by atoms with Gasteiger partial charge in [0, 0.05) is 31.4 Å². The van der Waals surface area contributed by atoms with E-state index >= 15 is 0 Å². The second kappa shape index (κ2) is 4.50. The minimum absolute atomic E-state index is 0.314. The highest BCUT2D eigenvalue weighted by atomic mass is 35.5. The smallest absolute Gasteiger partial charge is 0.0290 e. The second-order valence-corrected chi connectivity index (χ2v) is 5.03. The summed E-state index contributed by atoms with van der Waals surface area (Å²) in [6.07, 6.45) is 4.92. The fourth-order valence-corrected chi connectivity index (χ4v) is 2.33. The molecule has 0 radical (unpaired) electrons. The van der Waals surface area contributed by atoms with Crippen molar-refractivity contribution in [2.45, 2.75) is 19.9 Å². The summed E-state index contributed by atoms with van der Waals surface area (Å²) in [4.78, 5) is 6.50. The predicted molar refractivity (Wildman–Crippen MR) is 63.0 cm³/mol. The first-order chi connectivity index (χ1) is 7.22. The summed E-state index contributed by atoms with van der Waals surface area (Å²) in [5, 5.41) is 0. The molecule has 1 fully saturated rings. The van der Waals surface area contributed by atoms with Gasteiger partial charge >= 0.3 is 0 Å². The molecule has 1 aromatic heterocycles. The van der Waals surface area contributed by atoms with Gasteiger partial charge in [-0.25, -0.2) is 0 Å². The van der Waals surface area contributed by atoms with Crippen molar-refractivity contribution >= 4 is 11.6 Å². The SMILES string of the molecule is CC1(CCl)CCN(Cc2ccncc2)C1. The Hall–Kier alpha value is -0.600. The zero-order valence-electron chi connectivity index (χ0n) is 9.12. The van der Waals surface area contributed by atoms with Crippen LogP contribution < -0.4 is 0 Å². The van der Waals surface area contributed by atoms with Crippen LogP contribution in [0.5, 0.6) is 0 Å². The molecule has 1 aliphatic rings. The zero-order valence-corrected chi connectivity index (χ0v) is 9.87. The van der Waals surface area contributed by atoms with E-state index in [1.54, 1.807) is 0 Å². The number of hydrogen-bond donors (Lipinski definition) is 0. The Bertz CT molecular complexity index is 315. The molecule has 2 nitrogen and oxygen atoms in total. The number of alkyl halides is 1. The lowest BCUT2D eigenvalue weighted by Gasteiger charge is -2.21. The standard InChI is InChI=1S/C12H17ClN2/c1-12(9-13)4-7-15(10-12)8-11-2-5-14-6-3-11/h2-3,5-6H,4,7-10H2,1H3. The van der Waals surface area contributed by atoms with Gasteiger partial charge in [-0.3, -0.25) is 9.88 Å². The predicted octanol–water partition coefficient (Wildman–Crippen LogP) is 2.53. The van der Waals surface area contributed by atoms with E-state index in [9.17, 15) is 0 Å². The summed E-state index contributed by atoms with van der Waals surface area (Å²) in [5.41, 5.74) is 1.65. The Labute approximate surface area is 96.3 Å². The normalized spacial score (nSPS) is 27.1. The fourth-order valence-electron chi connectivity index (χ4n) is 2.12. The van der Waals surface area contributed by atoms with E-state index in [2.05, 4.69) is 28.9 Å². The molecule has 0 amide bonds. The zero-order chi connectivity index (χ0) is 10.7. The summed E-state index contributed by atoms with van der Waals surface area (Å²) < 4.78 is 0.